The van der Waals surface area contributed by atoms with Crippen LogP contribution in [0.25, 0.3) is 0 Å². The summed E-state index contributed by atoms with van der Waals surface area (Å²) in [5, 5.41) is 2.51. The molecule has 140 valence electrons. The molecule has 8 heteroatoms. The van der Waals surface area contributed by atoms with Crippen LogP contribution in [0.15, 0.2) is 30.4 Å². The van der Waals surface area contributed by atoms with Gasteiger partial charge in [0.15, 0.2) is 0 Å². The Balaban J connectivity index is 3.25. The van der Waals surface area contributed by atoms with Crippen LogP contribution >= 0.6 is 0 Å². The molecular formula is C17H23F3N2O3. The first-order chi connectivity index (χ1) is 11.8. The lowest BCUT2D eigenvalue weighted by Gasteiger charge is -2.27. The predicted octanol–water partition coefficient (Wildman–Crippen LogP) is 3.32. The van der Waals surface area contributed by atoms with Gasteiger partial charge in [-0.2, -0.15) is 13.2 Å². The van der Waals surface area contributed by atoms with Gasteiger partial charge < -0.3 is 19.7 Å². The summed E-state index contributed by atoms with van der Waals surface area (Å²) in [6, 6.07) is 3.27. The molecule has 0 saturated heterocycles. The number of carbonyl (C=O) groups excluding carboxylic acids is 1. The molecule has 5 nitrogen and oxygen atoms in total. The standard InChI is InChI=1S/C17H23F3N2O3/c1-4-5-16(23)21-14-12-13(17(18,19)20)6-7-15(14)22(8-10-24-2)9-11-25-3/h4-7,12H,8-11H2,1-3H3,(H,21,23)/b5-4+. The minimum Gasteiger partial charge on any atom is -0.383 e. The number of nitrogens with zero attached hydrogens (tertiary/aromatic N) is 1. The van der Waals surface area contributed by atoms with Crippen molar-refractivity contribution in [1.82, 2.24) is 0 Å². The Morgan fingerprint density at radius 2 is 1.80 bits per heavy atom. The Hall–Kier alpha value is -2.06. The van der Waals surface area contributed by atoms with E-state index in [1.165, 1.54) is 32.4 Å². The van der Waals surface area contributed by atoms with Gasteiger partial charge in [-0.15, -0.1) is 0 Å². The quantitative estimate of drug-likeness (QED) is 0.687. The van der Waals surface area contributed by atoms with Crippen LogP contribution in [0, 0.1) is 0 Å². The highest BCUT2D eigenvalue weighted by molar-refractivity contribution is 6.01. The number of nitrogens with one attached hydrogen (secondary N) is 1. The molecule has 25 heavy (non-hydrogen) atoms. The number of allylic oxidation sites excluding steroid dienone is 1. The molecule has 0 spiro atoms. The van der Waals surface area contributed by atoms with Crippen molar-refractivity contribution in [1.29, 1.82) is 0 Å². The molecule has 0 unspecified atom stereocenters. The molecule has 0 aliphatic heterocycles. The number of benzene rings is 1. The summed E-state index contributed by atoms with van der Waals surface area (Å²) in [5.41, 5.74) is -0.268. The summed E-state index contributed by atoms with van der Waals surface area (Å²) in [6.07, 6.45) is -1.74. The van der Waals surface area contributed by atoms with E-state index < -0.39 is 17.6 Å². The van der Waals surface area contributed by atoms with Gasteiger partial charge in [-0.1, -0.05) is 6.08 Å². The Bertz CT molecular complexity index is 581. The maximum atomic E-state index is 13.0. The van der Waals surface area contributed by atoms with E-state index in [1.54, 1.807) is 11.8 Å². The number of ether oxygens (including phenoxy) is 2. The van der Waals surface area contributed by atoms with Gasteiger partial charge in [0.1, 0.15) is 0 Å². The number of hydrogen-bond acceptors (Lipinski definition) is 4. The topological polar surface area (TPSA) is 50.8 Å². The van der Waals surface area contributed by atoms with Crippen LogP contribution < -0.4 is 10.2 Å². The molecule has 0 heterocycles. The lowest BCUT2D eigenvalue weighted by Crippen LogP contribution is -2.31. The van der Waals surface area contributed by atoms with E-state index in [9.17, 15) is 18.0 Å². The van der Waals surface area contributed by atoms with Crippen molar-refractivity contribution in [3.63, 3.8) is 0 Å². The molecule has 1 aromatic rings. The molecule has 0 aliphatic rings. The van der Waals surface area contributed by atoms with Crippen LogP contribution in [-0.4, -0.2) is 46.4 Å². The van der Waals surface area contributed by atoms with Crippen LogP contribution in [0.1, 0.15) is 12.5 Å². The Labute approximate surface area is 145 Å². The molecule has 0 aliphatic carbocycles. The minimum atomic E-state index is -4.50. The summed E-state index contributed by atoms with van der Waals surface area (Å²) >= 11 is 0. The summed E-state index contributed by atoms with van der Waals surface area (Å²) < 4.78 is 49.1. The van der Waals surface area contributed by atoms with E-state index in [2.05, 4.69) is 5.32 Å². The number of carbonyl (C=O) groups is 1. The monoisotopic (exact) mass is 360 g/mol. The average molecular weight is 360 g/mol. The molecule has 1 amide bonds. The zero-order chi connectivity index (χ0) is 18.9. The van der Waals surface area contributed by atoms with Crippen molar-refractivity contribution >= 4 is 17.3 Å². The van der Waals surface area contributed by atoms with Crippen LogP contribution in [0.5, 0.6) is 0 Å². The highest BCUT2D eigenvalue weighted by atomic mass is 19.4. The lowest BCUT2D eigenvalue weighted by atomic mass is 10.1. The highest BCUT2D eigenvalue weighted by Gasteiger charge is 2.31. The zero-order valence-electron chi connectivity index (χ0n) is 14.5. The molecular weight excluding hydrogens is 337 g/mol. The van der Waals surface area contributed by atoms with Crippen molar-refractivity contribution in [3.05, 3.63) is 35.9 Å². The number of rotatable bonds is 9. The van der Waals surface area contributed by atoms with Gasteiger partial charge in [0.2, 0.25) is 5.91 Å². The number of hydrogen-bond donors (Lipinski definition) is 1. The number of alkyl halides is 3. The smallest absolute Gasteiger partial charge is 0.383 e. The fourth-order valence-corrected chi connectivity index (χ4v) is 2.17. The van der Waals surface area contributed by atoms with Gasteiger partial charge in [-0.25, -0.2) is 0 Å². The van der Waals surface area contributed by atoms with Crippen molar-refractivity contribution < 1.29 is 27.4 Å². The second-order valence-corrected chi connectivity index (χ2v) is 5.19. The highest BCUT2D eigenvalue weighted by Crippen LogP contribution is 2.35. The van der Waals surface area contributed by atoms with E-state index in [0.717, 1.165) is 12.1 Å². The molecule has 0 radical (unpaired) electrons. The van der Waals surface area contributed by atoms with Crippen LogP contribution in [0.2, 0.25) is 0 Å². The molecule has 0 aromatic heterocycles. The number of halogens is 3. The summed E-state index contributed by atoms with van der Waals surface area (Å²) in [4.78, 5) is 13.6. The maximum absolute atomic E-state index is 13.0. The number of anilines is 2. The van der Waals surface area contributed by atoms with E-state index in [0.29, 0.717) is 32.0 Å². The molecule has 0 saturated carbocycles. The van der Waals surface area contributed by atoms with Crippen LogP contribution in [-0.2, 0) is 20.4 Å². The van der Waals surface area contributed by atoms with Gasteiger partial charge in [-0.05, 0) is 31.2 Å². The second kappa shape index (κ2) is 10.0. The van der Waals surface area contributed by atoms with Crippen molar-refractivity contribution in [3.8, 4) is 0 Å². The van der Waals surface area contributed by atoms with Gasteiger partial charge in [0.05, 0.1) is 30.2 Å². The fourth-order valence-electron chi connectivity index (χ4n) is 2.17. The molecule has 0 fully saturated rings. The lowest BCUT2D eigenvalue weighted by molar-refractivity contribution is -0.137. The normalized spacial score (nSPS) is 11.8. The minimum absolute atomic E-state index is 0.0881. The third kappa shape index (κ3) is 6.75. The summed E-state index contributed by atoms with van der Waals surface area (Å²) in [7, 11) is 3.08. The Morgan fingerprint density at radius 1 is 1.20 bits per heavy atom. The van der Waals surface area contributed by atoms with Crippen molar-refractivity contribution in [2.24, 2.45) is 0 Å². The van der Waals surface area contributed by atoms with Gasteiger partial charge in [-0.3, -0.25) is 4.79 Å². The largest absolute Gasteiger partial charge is 0.416 e. The van der Waals surface area contributed by atoms with E-state index in [1.807, 2.05) is 0 Å². The van der Waals surface area contributed by atoms with Gasteiger partial charge in [0.25, 0.3) is 0 Å². The van der Waals surface area contributed by atoms with E-state index in [-0.39, 0.29) is 5.69 Å². The van der Waals surface area contributed by atoms with Crippen molar-refractivity contribution in [2.45, 2.75) is 13.1 Å². The fraction of sp³-hybridized carbons (Fsp3) is 0.471. The first kappa shape index (κ1) is 21.0. The number of methoxy groups -OCH3 is 2. The maximum Gasteiger partial charge on any atom is 0.416 e. The van der Waals surface area contributed by atoms with E-state index in [4.69, 9.17) is 9.47 Å². The molecule has 1 aromatic carbocycles. The SMILES string of the molecule is C/C=C/C(=O)Nc1cc(C(F)(F)F)ccc1N(CCOC)CCOC. The number of amides is 1. The molecule has 0 bridgehead atoms. The molecule has 1 rings (SSSR count). The Morgan fingerprint density at radius 3 is 2.28 bits per heavy atom. The first-order valence-electron chi connectivity index (χ1n) is 7.71. The summed E-state index contributed by atoms with van der Waals surface area (Å²) in [5.74, 6) is -0.499. The second-order valence-electron chi connectivity index (χ2n) is 5.19. The van der Waals surface area contributed by atoms with Crippen LogP contribution in [0.4, 0.5) is 24.5 Å². The van der Waals surface area contributed by atoms with Gasteiger partial charge >= 0.3 is 6.18 Å². The van der Waals surface area contributed by atoms with Crippen molar-refractivity contribution in [2.75, 3.05) is 50.7 Å². The molecule has 1 N–H and O–H groups in total. The first-order valence-corrected chi connectivity index (χ1v) is 7.71. The van der Waals surface area contributed by atoms with E-state index >= 15 is 0 Å². The van der Waals surface area contributed by atoms with Gasteiger partial charge in [0, 0.05) is 27.3 Å². The average Bonchev–Trinajstić information content (AvgIpc) is 2.55. The summed E-state index contributed by atoms with van der Waals surface area (Å²) in [6.45, 7) is 3.30. The Kier molecular flexibility index (Phi) is 8.44. The zero-order valence-corrected chi connectivity index (χ0v) is 14.5. The third-order valence-corrected chi connectivity index (χ3v) is 3.37. The predicted molar refractivity (Wildman–Crippen MR) is 90.9 cm³/mol. The third-order valence-electron chi connectivity index (χ3n) is 3.37. The molecule has 0 atom stereocenters. The van der Waals surface area contributed by atoms with Crippen LogP contribution in [0.3, 0.4) is 0 Å².